The van der Waals surface area contributed by atoms with Crippen molar-refractivity contribution in [1.82, 2.24) is 25.1 Å². The van der Waals surface area contributed by atoms with Crippen molar-refractivity contribution in [1.29, 1.82) is 0 Å². The van der Waals surface area contributed by atoms with Crippen molar-refractivity contribution in [2.24, 2.45) is 11.7 Å². The molecule has 1 aliphatic heterocycles. The van der Waals surface area contributed by atoms with Crippen LogP contribution in [-0.2, 0) is 15.2 Å². The fourth-order valence-corrected chi connectivity index (χ4v) is 5.04. The molecule has 2 aromatic rings. The van der Waals surface area contributed by atoms with Gasteiger partial charge in [0.05, 0.1) is 10.7 Å². The number of nitrogens with zero attached hydrogens (tertiary/aromatic N) is 4. The highest BCUT2D eigenvalue weighted by atomic mass is 35.5. The van der Waals surface area contributed by atoms with Gasteiger partial charge in [-0.15, -0.1) is 0 Å². The van der Waals surface area contributed by atoms with Crippen LogP contribution in [0, 0.1) is 5.92 Å². The maximum Gasteiger partial charge on any atom is 0.271 e. The predicted molar refractivity (Wildman–Crippen MR) is 133 cm³/mol. The molecule has 3 N–H and O–H groups in total. The van der Waals surface area contributed by atoms with E-state index in [0.717, 1.165) is 12.8 Å². The third kappa shape index (κ3) is 4.62. The minimum Gasteiger partial charge on any atom is -0.466 e. The molecule has 0 aromatic carbocycles. The van der Waals surface area contributed by atoms with Crippen LogP contribution < -0.4 is 15.8 Å². The van der Waals surface area contributed by atoms with Crippen LogP contribution in [0.3, 0.4) is 0 Å². The van der Waals surface area contributed by atoms with Gasteiger partial charge in [-0.25, -0.2) is 4.98 Å². The summed E-state index contributed by atoms with van der Waals surface area (Å²) in [7, 11) is 7.30. The van der Waals surface area contributed by atoms with Gasteiger partial charge in [-0.2, -0.15) is 0 Å². The average Bonchev–Trinajstić information content (AvgIpc) is 3.18. The van der Waals surface area contributed by atoms with E-state index in [0.29, 0.717) is 23.9 Å². The Hall–Kier alpha value is -3.24. The molecule has 3 amide bonds. The summed E-state index contributed by atoms with van der Waals surface area (Å²) in [6.07, 6.45) is 4.59. The molecule has 0 radical (unpaired) electrons. The molecular formula is C25H31ClN6O4. The Kier molecular flexibility index (Phi) is 7.19. The van der Waals surface area contributed by atoms with Crippen LogP contribution >= 0.6 is 11.6 Å². The molecule has 1 aliphatic carbocycles. The van der Waals surface area contributed by atoms with Crippen LogP contribution in [0.25, 0.3) is 0 Å². The van der Waals surface area contributed by atoms with Gasteiger partial charge in [-0.05, 0) is 64.0 Å². The average molecular weight is 515 g/mol. The number of hydrogen-bond donors (Lipinski definition) is 2. The zero-order valence-corrected chi connectivity index (χ0v) is 21.6. The molecule has 192 valence electrons. The first-order valence-corrected chi connectivity index (χ1v) is 12.2. The minimum absolute atomic E-state index is 0.150. The van der Waals surface area contributed by atoms with Gasteiger partial charge < -0.3 is 25.6 Å². The van der Waals surface area contributed by atoms with E-state index in [1.165, 1.54) is 23.2 Å². The molecule has 1 saturated carbocycles. The van der Waals surface area contributed by atoms with Gasteiger partial charge in [-0.3, -0.25) is 19.4 Å². The number of primary amides is 1. The molecule has 0 saturated heterocycles. The van der Waals surface area contributed by atoms with E-state index in [1.807, 2.05) is 14.1 Å². The van der Waals surface area contributed by atoms with Crippen molar-refractivity contribution >= 4 is 29.3 Å². The van der Waals surface area contributed by atoms with Crippen molar-refractivity contribution in [3.8, 4) is 5.75 Å². The molecule has 4 rings (SSSR count). The lowest BCUT2D eigenvalue weighted by Crippen LogP contribution is -2.54. The number of ether oxygens (including phenoxy) is 1. The molecule has 0 bridgehead atoms. The number of carbonyl (C=O) groups excluding carboxylic acids is 3. The fraction of sp³-hybridized carbons (Fsp3) is 0.480. The summed E-state index contributed by atoms with van der Waals surface area (Å²) in [5.74, 6) is -1.40. The van der Waals surface area contributed by atoms with Gasteiger partial charge in [0, 0.05) is 32.3 Å². The Bertz CT molecular complexity index is 1160. The molecular weight excluding hydrogens is 484 g/mol. The van der Waals surface area contributed by atoms with Crippen LogP contribution in [0.1, 0.15) is 53.6 Å². The number of halogens is 1. The van der Waals surface area contributed by atoms with E-state index in [2.05, 4.69) is 20.2 Å². The molecule has 10 nitrogen and oxygen atoms in total. The Balaban J connectivity index is 1.74. The highest BCUT2D eigenvalue weighted by Gasteiger charge is 2.58. The lowest BCUT2D eigenvalue weighted by atomic mass is 9.83. The number of nitrogens with one attached hydrogen (secondary N) is 1. The van der Waals surface area contributed by atoms with Crippen molar-refractivity contribution in [2.75, 3.05) is 28.2 Å². The van der Waals surface area contributed by atoms with E-state index in [-0.39, 0.29) is 40.6 Å². The van der Waals surface area contributed by atoms with Crippen molar-refractivity contribution in [3.05, 3.63) is 52.6 Å². The van der Waals surface area contributed by atoms with Crippen LogP contribution in [0.4, 0.5) is 0 Å². The zero-order chi connectivity index (χ0) is 26.2. The third-order valence-corrected chi connectivity index (χ3v) is 7.24. The number of aromatic nitrogens is 2. The maximum atomic E-state index is 13.5. The Morgan fingerprint density at radius 3 is 2.33 bits per heavy atom. The second kappa shape index (κ2) is 10.0. The summed E-state index contributed by atoms with van der Waals surface area (Å²) in [6, 6.07) is 5.50. The van der Waals surface area contributed by atoms with E-state index < -0.39 is 17.6 Å². The van der Waals surface area contributed by atoms with Gasteiger partial charge in [-0.1, -0.05) is 11.6 Å². The summed E-state index contributed by atoms with van der Waals surface area (Å²) >= 11 is 6.03. The molecule has 2 aliphatic rings. The van der Waals surface area contributed by atoms with Crippen molar-refractivity contribution in [3.63, 3.8) is 0 Å². The van der Waals surface area contributed by atoms with Crippen LogP contribution in [0.2, 0.25) is 5.02 Å². The molecule has 1 fully saturated rings. The molecule has 36 heavy (non-hydrogen) atoms. The monoisotopic (exact) mass is 514 g/mol. The highest BCUT2D eigenvalue weighted by molar-refractivity contribution is 6.30. The number of amides is 3. The number of rotatable bonds is 6. The predicted octanol–water partition coefficient (Wildman–Crippen LogP) is 1.88. The standard InChI is InChI=1S/C25H31ClN6O4/c1-31(2)16-8-5-14(6-9-16)22(33)30-21-20-18(11-10-17(29-20)23(34)32(3)4)36-25(21,24(27)35)19-12-7-15(26)13-28-19/h7,10-14,16,21H,5-6,8-9H2,1-4H3,(H2,27,35)(H,30,33). The molecule has 2 atom stereocenters. The summed E-state index contributed by atoms with van der Waals surface area (Å²) in [4.78, 5) is 51.5. The van der Waals surface area contributed by atoms with E-state index in [1.54, 1.807) is 26.2 Å². The summed E-state index contributed by atoms with van der Waals surface area (Å²) in [5.41, 5.74) is 4.64. The summed E-state index contributed by atoms with van der Waals surface area (Å²) in [6.45, 7) is 0. The Morgan fingerprint density at radius 1 is 1.08 bits per heavy atom. The van der Waals surface area contributed by atoms with Crippen LogP contribution in [-0.4, -0.2) is 71.7 Å². The van der Waals surface area contributed by atoms with Gasteiger partial charge in [0.15, 0.2) is 0 Å². The maximum absolute atomic E-state index is 13.5. The van der Waals surface area contributed by atoms with Crippen molar-refractivity contribution < 1.29 is 19.1 Å². The fourth-order valence-electron chi connectivity index (χ4n) is 4.93. The number of carbonyl (C=O) groups is 3. The van der Waals surface area contributed by atoms with Gasteiger partial charge in [0.25, 0.3) is 17.4 Å². The molecule has 11 heteroatoms. The lowest BCUT2D eigenvalue weighted by Gasteiger charge is -2.34. The summed E-state index contributed by atoms with van der Waals surface area (Å²) < 4.78 is 6.14. The third-order valence-electron chi connectivity index (χ3n) is 7.02. The van der Waals surface area contributed by atoms with E-state index in [4.69, 9.17) is 22.1 Å². The molecule has 2 aromatic heterocycles. The van der Waals surface area contributed by atoms with Crippen LogP contribution in [0.5, 0.6) is 5.75 Å². The van der Waals surface area contributed by atoms with E-state index >= 15 is 0 Å². The van der Waals surface area contributed by atoms with Crippen molar-refractivity contribution in [2.45, 2.75) is 43.4 Å². The quantitative estimate of drug-likeness (QED) is 0.601. The number of fused-ring (bicyclic) bond motifs is 1. The first-order chi connectivity index (χ1) is 17.0. The summed E-state index contributed by atoms with van der Waals surface area (Å²) in [5, 5.41) is 3.36. The number of nitrogens with two attached hydrogens (primary N) is 1. The second-order valence-corrected chi connectivity index (χ2v) is 10.2. The number of pyridine rings is 2. The molecule has 0 spiro atoms. The largest absolute Gasteiger partial charge is 0.466 e. The van der Waals surface area contributed by atoms with Gasteiger partial charge >= 0.3 is 0 Å². The van der Waals surface area contributed by atoms with E-state index in [9.17, 15) is 14.4 Å². The SMILES string of the molecule is CN(C)C(=O)c1ccc2c(n1)C(NC(=O)C1CCC(N(C)C)CC1)C(C(N)=O)(c1ccc(Cl)cn1)O2. The molecule has 2 unspecified atom stereocenters. The number of hydrogen-bond acceptors (Lipinski definition) is 7. The Labute approximate surface area is 215 Å². The topological polar surface area (TPSA) is 131 Å². The lowest BCUT2D eigenvalue weighted by molar-refractivity contribution is -0.138. The first-order valence-electron chi connectivity index (χ1n) is 11.8. The Morgan fingerprint density at radius 2 is 1.78 bits per heavy atom. The van der Waals surface area contributed by atoms with Gasteiger partial charge in [0.2, 0.25) is 5.91 Å². The normalized spacial score (nSPS) is 25.1. The zero-order valence-electron chi connectivity index (χ0n) is 20.8. The van der Waals surface area contributed by atoms with Gasteiger partial charge in [0.1, 0.15) is 23.2 Å². The highest BCUT2D eigenvalue weighted by Crippen LogP contribution is 2.48. The molecule has 3 heterocycles. The smallest absolute Gasteiger partial charge is 0.271 e. The van der Waals surface area contributed by atoms with Crippen LogP contribution in [0.15, 0.2) is 30.5 Å². The first kappa shape index (κ1) is 25.8. The second-order valence-electron chi connectivity index (χ2n) is 9.75. The minimum atomic E-state index is -1.86.